The summed E-state index contributed by atoms with van der Waals surface area (Å²) in [6.45, 7) is 9.88. The van der Waals surface area contributed by atoms with Crippen molar-refractivity contribution < 1.29 is 4.79 Å². The van der Waals surface area contributed by atoms with Gasteiger partial charge in [0, 0.05) is 35.2 Å². The maximum absolute atomic E-state index is 12.8. The van der Waals surface area contributed by atoms with E-state index in [0.29, 0.717) is 12.1 Å². The number of hydrogen-bond donors (Lipinski definition) is 1. The summed E-state index contributed by atoms with van der Waals surface area (Å²) in [4.78, 5) is 12.8. The number of carbonyl (C=O) groups excluding carboxylic acids is 1. The lowest BCUT2D eigenvalue weighted by atomic mass is 10.1. The van der Waals surface area contributed by atoms with Crippen LogP contribution in [0.25, 0.3) is 10.9 Å². The predicted molar refractivity (Wildman–Crippen MR) is 124 cm³/mol. The highest BCUT2D eigenvalue weighted by molar-refractivity contribution is 5.99. The number of amides is 1. The van der Waals surface area contributed by atoms with Crippen LogP contribution >= 0.6 is 0 Å². The molecule has 1 heterocycles. The second-order valence-electron chi connectivity index (χ2n) is 8.13. The lowest BCUT2D eigenvalue weighted by Crippen LogP contribution is -2.22. The summed E-state index contributed by atoms with van der Waals surface area (Å²) in [5.41, 5.74) is 9.26. The van der Waals surface area contributed by atoms with Gasteiger partial charge in [0.15, 0.2) is 0 Å². The van der Waals surface area contributed by atoms with Gasteiger partial charge in [0.2, 0.25) is 0 Å². The minimum absolute atomic E-state index is 0.0397. The third-order valence-electron chi connectivity index (χ3n) is 6.03. The van der Waals surface area contributed by atoms with Crippen molar-refractivity contribution in [2.45, 2.75) is 40.8 Å². The van der Waals surface area contributed by atoms with Gasteiger partial charge >= 0.3 is 0 Å². The highest BCUT2D eigenvalue weighted by Gasteiger charge is 2.14. The highest BCUT2D eigenvalue weighted by atomic mass is 16.1. The number of nitrogens with zero attached hydrogens (tertiary/aromatic N) is 1. The van der Waals surface area contributed by atoms with Crippen LogP contribution in [0.15, 0.2) is 66.7 Å². The number of aromatic nitrogens is 1. The van der Waals surface area contributed by atoms with Crippen molar-refractivity contribution in [3.8, 4) is 0 Å². The summed E-state index contributed by atoms with van der Waals surface area (Å²) in [5, 5.41) is 4.19. The molecule has 0 saturated carbocycles. The van der Waals surface area contributed by atoms with Crippen LogP contribution in [0.1, 0.15) is 43.9 Å². The monoisotopic (exact) mass is 396 g/mol. The maximum Gasteiger partial charge on any atom is 0.251 e. The lowest BCUT2D eigenvalue weighted by molar-refractivity contribution is 0.0951. The maximum atomic E-state index is 12.8. The van der Waals surface area contributed by atoms with Crippen molar-refractivity contribution in [3.05, 3.63) is 106 Å². The Labute approximate surface area is 178 Å². The summed E-state index contributed by atoms with van der Waals surface area (Å²) in [6, 6.07) is 22.8. The molecule has 3 heteroatoms. The first-order valence-corrected chi connectivity index (χ1v) is 10.4. The molecule has 1 aromatic heterocycles. The molecule has 0 atom stereocenters. The van der Waals surface area contributed by atoms with Gasteiger partial charge in [0.25, 0.3) is 5.91 Å². The topological polar surface area (TPSA) is 34.0 Å². The molecule has 1 N–H and O–H groups in total. The molecule has 1 amide bonds. The third-order valence-corrected chi connectivity index (χ3v) is 6.03. The molecule has 0 spiro atoms. The summed E-state index contributed by atoms with van der Waals surface area (Å²) in [7, 11) is 0. The molecule has 0 bridgehead atoms. The molecule has 4 rings (SSSR count). The zero-order valence-electron chi connectivity index (χ0n) is 18.1. The highest BCUT2D eigenvalue weighted by Crippen LogP contribution is 2.27. The zero-order chi connectivity index (χ0) is 21.3. The van der Waals surface area contributed by atoms with Crippen LogP contribution in [0.5, 0.6) is 0 Å². The number of nitrogens with one attached hydrogen (secondary N) is 1. The summed E-state index contributed by atoms with van der Waals surface area (Å²) >= 11 is 0. The first kappa shape index (κ1) is 20.0. The largest absolute Gasteiger partial charge is 0.348 e. The van der Waals surface area contributed by atoms with Crippen LogP contribution in [0.4, 0.5) is 0 Å². The molecule has 0 radical (unpaired) electrons. The van der Waals surface area contributed by atoms with E-state index in [0.717, 1.165) is 17.5 Å². The fourth-order valence-corrected chi connectivity index (χ4v) is 4.06. The van der Waals surface area contributed by atoms with E-state index in [1.165, 1.54) is 33.5 Å². The Morgan fingerprint density at radius 1 is 0.900 bits per heavy atom. The zero-order valence-corrected chi connectivity index (χ0v) is 18.1. The van der Waals surface area contributed by atoms with E-state index in [1.54, 1.807) is 0 Å². The van der Waals surface area contributed by atoms with Gasteiger partial charge in [-0.25, -0.2) is 0 Å². The van der Waals surface area contributed by atoms with Crippen molar-refractivity contribution >= 4 is 16.8 Å². The van der Waals surface area contributed by atoms with Gasteiger partial charge < -0.3 is 9.88 Å². The molecule has 4 aromatic rings. The molecule has 152 valence electrons. The van der Waals surface area contributed by atoms with E-state index < -0.39 is 0 Å². The molecule has 3 nitrogen and oxygen atoms in total. The predicted octanol–water partition coefficient (Wildman–Crippen LogP) is 5.85. The number of benzene rings is 3. The Balaban J connectivity index is 1.60. The third kappa shape index (κ3) is 3.88. The number of hydrogen-bond acceptors (Lipinski definition) is 1. The molecule has 0 unspecified atom stereocenters. The number of rotatable bonds is 5. The SMILES string of the molecule is Cc1cccc(CNC(=O)c2ccc3c(c2)c(C)c(C)n3Cc2ccccc2C)c1. The molecule has 30 heavy (non-hydrogen) atoms. The van der Waals surface area contributed by atoms with Crippen molar-refractivity contribution in [1.29, 1.82) is 0 Å². The molecule has 0 fully saturated rings. The van der Waals surface area contributed by atoms with E-state index in [9.17, 15) is 4.79 Å². The molecule has 0 saturated heterocycles. The van der Waals surface area contributed by atoms with Crippen LogP contribution in [-0.2, 0) is 13.1 Å². The Morgan fingerprint density at radius 3 is 2.47 bits per heavy atom. The van der Waals surface area contributed by atoms with Gasteiger partial charge in [-0.3, -0.25) is 4.79 Å². The summed E-state index contributed by atoms with van der Waals surface area (Å²) < 4.78 is 2.35. The normalized spacial score (nSPS) is 11.1. The first-order valence-electron chi connectivity index (χ1n) is 10.4. The van der Waals surface area contributed by atoms with Crippen LogP contribution < -0.4 is 5.32 Å². The number of carbonyl (C=O) groups is 1. The molecule has 0 aliphatic heterocycles. The van der Waals surface area contributed by atoms with E-state index in [2.05, 4.69) is 80.0 Å². The van der Waals surface area contributed by atoms with Gasteiger partial charge in [-0.05, 0) is 68.1 Å². The average Bonchev–Trinajstić information content (AvgIpc) is 2.98. The Kier molecular flexibility index (Phi) is 5.45. The number of fused-ring (bicyclic) bond motifs is 1. The van der Waals surface area contributed by atoms with Crippen LogP contribution in [0.3, 0.4) is 0 Å². The van der Waals surface area contributed by atoms with Crippen LogP contribution in [-0.4, -0.2) is 10.5 Å². The van der Waals surface area contributed by atoms with Gasteiger partial charge in [0.1, 0.15) is 0 Å². The second-order valence-corrected chi connectivity index (χ2v) is 8.13. The van der Waals surface area contributed by atoms with Gasteiger partial charge in [-0.15, -0.1) is 0 Å². The molecule has 0 aliphatic carbocycles. The van der Waals surface area contributed by atoms with Crippen molar-refractivity contribution in [2.24, 2.45) is 0 Å². The quantitative estimate of drug-likeness (QED) is 0.451. The van der Waals surface area contributed by atoms with Crippen molar-refractivity contribution in [2.75, 3.05) is 0 Å². The lowest BCUT2D eigenvalue weighted by Gasteiger charge is -2.11. The number of aryl methyl sites for hydroxylation is 3. The van der Waals surface area contributed by atoms with Crippen LogP contribution in [0.2, 0.25) is 0 Å². The van der Waals surface area contributed by atoms with E-state index >= 15 is 0 Å². The standard InChI is InChI=1S/C27H28N2O/c1-18-8-7-10-22(14-18)16-28-27(30)23-12-13-26-25(15-23)20(3)21(4)29(26)17-24-11-6-5-9-19(24)2/h5-15H,16-17H2,1-4H3,(H,28,30). The first-order chi connectivity index (χ1) is 14.4. The molecule has 0 aliphatic rings. The minimum atomic E-state index is -0.0397. The summed E-state index contributed by atoms with van der Waals surface area (Å²) in [6.07, 6.45) is 0. The van der Waals surface area contributed by atoms with Gasteiger partial charge in [-0.1, -0.05) is 54.1 Å². The Bertz CT molecular complexity index is 1230. The minimum Gasteiger partial charge on any atom is -0.348 e. The van der Waals surface area contributed by atoms with Gasteiger partial charge in [-0.2, -0.15) is 0 Å². The summed E-state index contributed by atoms with van der Waals surface area (Å²) in [5.74, 6) is -0.0397. The van der Waals surface area contributed by atoms with Crippen LogP contribution in [0, 0.1) is 27.7 Å². The van der Waals surface area contributed by atoms with E-state index in [-0.39, 0.29) is 5.91 Å². The van der Waals surface area contributed by atoms with E-state index in [1.807, 2.05) is 24.3 Å². The van der Waals surface area contributed by atoms with Crippen molar-refractivity contribution in [3.63, 3.8) is 0 Å². The van der Waals surface area contributed by atoms with E-state index in [4.69, 9.17) is 0 Å². The Hall–Kier alpha value is -3.33. The van der Waals surface area contributed by atoms with Crippen molar-refractivity contribution in [1.82, 2.24) is 9.88 Å². The smallest absolute Gasteiger partial charge is 0.251 e. The molecular weight excluding hydrogens is 368 g/mol. The molecule has 3 aromatic carbocycles. The average molecular weight is 397 g/mol. The Morgan fingerprint density at radius 2 is 1.70 bits per heavy atom. The second kappa shape index (κ2) is 8.19. The molecular formula is C27H28N2O. The fourth-order valence-electron chi connectivity index (χ4n) is 4.06. The fraction of sp³-hybridized carbons (Fsp3) is 0.222. The van der Waals surface area contributed by atoms with Gasteiger partial charge in [0.05, 0.1) is 0 Å².